The van der Waals surface area contributed by atoms with E-state index >= 15 is 0 Å². The van der Waals surface area contributed by atoms with Gasteiger partial charge in [0.2, 0.25) is 5.89 Å². The Morgan fingerprint density at radius 1 is 1.09 bits per heavy atom. The van der Waals surface area contributed by atoms with Crippen molar-refractivity contribution in [2.45, 2.75) is 57.1 Å². The zero-order valence-corrected chi connectivity index (χ0v) is 13.9. The highest BCUT2D eigenvalue weighted by molar-refractivity contribution is 5.01. The van der Waals surface area contributed by atoms with Gasteiger partial charge in [-0.15, -0.1) is 0 Å². The minimum absolute atomic E-state index is 0.241. The molecule has 3 fully saturated rings. The lowest BCUT2D eigenvalue weighted by molar-refractivity contribution is -0.0607. The summed E-state index contributed by atoms with van der Waals surface area (Å²) in [6.45, 7) is 6.91. The van der Waals surface area contributed by atoms with E-state index in [1.54, 1.807) is 0 Å². The molecule has 0 N–H and O–H groups in total. The summed E-state index contributed by atoms with van der Waals surface area (Å²) >= 11 is 0. The molecule has 4 rings (SSSR count). The van der Waals surface area contributed by atoms with E-state index in [2.05, 4.69) is 15.0 Å². The summed E-state index contributed by atoms with van der Waals surface area (Å²) in [7, 11) is 0. The number of rotatable bonds is 3. The second kappa shape index (κ2) is 6.87. The van der Waals surface area contributed by atoms with E-state index in [9.17, 15) is 0 Å². The maximum absolute atomic E-state index is 6.18. The SMILES string of the molecule is Cc1noc([C@@H]2CCCO[C@H]2C2CCN(C3CCOC3)CC2)n1. The molecule has 0 radical (unpaired) electrons. The molecule has 3 aliphatic rings. The zero-order chi connectivity index (χ0) is 15.6. The van der Waals surface area contributed by atoms with Gasteiger partial charge in [0.05, 0.1) is 18.6 Å². The Balaban J connectivity index is 1.40. The van der Waals surface area contributed by atoms with Crippen molar-refractivity contribution in [3.63, 3.8) is 0 Å². The number of hydrogen-bond acceptors (Lipinski definition) is 6. The van der Waals surface area contributed by atoms with Crippen LogP contribution in [0.4, 0.5) is 0 Å². The number of aromatic nitrogens is 2. The van der Waals surface area contributed by atoms with Gasteiger partial charge in [-0.3, -0.25) is 4.90 Å². The van der Waals surface area contributed by atoms with E-state index in [0.717, 1.165) is 57.5 Å². The third-order valence-corrected chi connectivity index (χ3v) is 5.69. The molecule has 4 heterocycles. The standard InChI is InChI=1S/C17H27N3O3/c1-12-18-17(23-19-12)15-3-2-9-22-16(15)13-4-7-20(8-5-13)14-6-10-21-11-14/h13-16H,2-11H2,1H3/t14?,15-,16+/m1/s1. The third-order valence-electron chi connectivity index (χ3n) is 5.69. The Kier molecular flexibility index (Phi) is 4.64. The molecule has 0 aromatic carbocycles. The Morgan fingerprint density at radius 2 is 1.96 bits per heavy atom. The molecule has 3 atom stereocenters. The van der Waals surface area contributed by atoms with E-state index in [4.69, 9.17) is 14.0 Å². The molecular weight excluding hydrogens is 294 g/mol. The van der Waals surface area contributed by atoms with E-state index in [-0.39, 0.29) is 12.0 Å². The summed E-state index contributed by atoms with van der Waals surface area (Å²) in [6, 6.07) is 0.637. The van der Waals surface area contributed by atoms with Gasteiger partial charge in [0.1, 0.15) is 0 Å². The Bertz CT molecular complexity index is 507. The summed E-state index contributed by atoms with van der Waals surface area (Å²) in [6.07, 6.45) is 6.01. The molecule has 23 heavy (non-hydrogen) atoms. The molecule has 0 spiro atoms. The lowest BCUT2D eigenvalue weighted by atomic mass is 9.80. The summed E-state index contributed by atoms with van der Waals surface area (Å²) in [5.41, 5.74) is 0. The quantitative estimate of drug-likeness (QED) is 0.850. The van der Waals surface area contributed by atoms with Gasteiger partial charge < -0.3 is 14.0 Å². The number of piperidine rings is 1. The molecule has 1 aromatic heterocycles. The van der Waals surface area contributed by atoms with Crippen LogP contribution < -0.4 is 0 Å². The molecular formula is C17H27N3O3. The van der Waals surface area contributed by atoms with Crippen LogP contribution in [0.25, 0.3) is 0 Å². The predicted molar refractivity (Wildman–Crippen MR) is 84.3 cm³/mol. The van der Waals surface area contributed by atoms with Gasteiger partial charge in [-0.05, 0) is 58.0 Å². The molecule has 0 amide bonds. The average Bonchev–Trinajstić information content (AvgIpc) is 3.27. The molecule has 0 saturated carbocycles. The number of nitrogens with zero attached hydrogens (tertiary/aromatic N) is 3. The van der Waals surface area contributed by atoms with Crippen molar-refractivity contribution in [3.05, 3.63) is 11.7 Å². The van der Waals surface area contributed by atoms with Crippen LogP contribution in [0.15, 0.2) is 4.52 Å². The highest BCUT2D eigenvalue weighted by Gasteiger charge is 2.39. The Labute approximate surface area is 137 Å². The van der Waals surface area contributed by atoms with Gasteiger partial charge in [0.25, 0.3) is 0 Å². The van der Waals surface area contributed by atoms with Gasteiger partial charge in [0, 0.05) is 19.3 Å². The maximum atomic E-state index is 6.18. The first-order valence-corrected chi connectivity index (χ1v) is 9.05. The first kappa shape index (κ1) is 15.5. The second-order valence-electron chi connectivity index (χ2n) is 7.15. The number of likely N-dealkylation sites (tertiary alicyclic amines) is 1. The van der Waals surface area contributed by atoms with Crippen LogP contribution >= 0.6 is 0 Å². The van der Waals surface area contributed by atoms with Gasteiger partial charge >= 0.3 is 0 Å². The van der Waals surface area contributed by atoms with Crippen LogP contribution in [0.3, 0.4) is 0 Å². The van der Waals surface area contributed by atoms with Crippen molar-refractivity contribution in [2.24, 2.45) is 5.92 Å². The summed E-state index contributed by atoms with van der Waals surface area (Å²) in [5, 5.41) is 3.97. The zero-order valence-electron chi connectivity index (χ0n) is 13.9. The maximum Gasteiger partial charge on any atom is 0.232 e. The van der Waals surface area contributed by atoms with Crippen LogP contribution in [0.5, 0.6) is 0 Å². The summed E-state index contributed by atoms with van der Waals surface area (Å²) in [4.78, 5) is 7.08. The van der Waals surface area contributed by atoms with Crippen molar-refractivity contribution < 1.29 is 14.0 Å². The first-order chi connectivity index (χ1) is 11.3. The van der Waals surface area contributed by atoms with Crippen molar-refractivity contribution in [1.82, 2.24) is 15.0 Å². The molecule has 6 nitrogen and oxygen atoms in total. The average molecular weight is 321 g/mol. The molecule has 1 unspecified atom stereocenters. The van der Waals surface area contributed by atoms with E-state index in [0.29, 0.717) is 12.0 Å². The molecule has 6 heteroatoms. The minimum Gasteiger partial charge on any atom is -0.380 e. The van der Waals surface area contributed by atoms with Crippen LogP contribution in [0.2, 0.25) is 0 Å². The highest BCUT2D eigenvalue weighted by Crippen LogP contribution is 2.38. The van der Waals surface area contributed by atoms with E-state index in [1.807, 2.05) is 6.92 Å². The monoisotopic (exact) mass is 321 g/mol. The molecule has 1 aromatic rings. The highest BCUT2D eigenvalue weighted by atomic mass is 16.5. The van der Waals surface area contributed by atoms with Gasteiger partial charge in [-0.2, -0.15) is 4.98 Å². The van der Waals surface area contributed by atoms with Crippen molar-refractivity contribution in [3.8, 4) is 0 Å². The second-order valence-corrected chi connectivity index (χ2v) is 7.15. The Hall–Kier alpha value is -0.980. The number of ether oxygens (including phenoxy) is 2. The largest absolute Gasteiger partial charge is 0.380 e. The van der Waals surface area contributed by atoms with Crippen molar-refractivity contribution >= 4 is 0 Å². The fraction of sp³-hybridized carbons (Fsp3) is 0.882. The molecule has 3 aliphatic heterocycles. The van der Waals surface area contributed by atoms with Crippen molar-refractivity contribution in [1.29, 1.82) is 0 Å². The molecule has 0 aliphatic carbocycles. The first-order valence-electron chi connectivity index (χ1n) is 9.05. The predicted octanol–water partition coefficient (Wildman–Crippen LogP) is 2.14. The summed E-state index contributed by atoms with van der Waals surface area (Å²) < 4.78 is 17.2. The van der Waals surface area contributed by atoms with Gasteiger partial charge in [0.15, 0.2) is 5.82 Å². The molecule has 128 valence electrons. The fourth-order valence-electron chi connectivity index (χ4n) is 4.42. The number of hydrogen-bond donors (Lipinski definition) is 0. The van der Waals surface area contributed by atoms with Crippen LogP contribution in [-0.2, 0) is 9.47 Å². The van der Waals surface area contributed by atoms with Crippen LogP contribution in [0.1, 0.15) is 49.7 Å². The minimum atomic E-state index is 0.241. The smallest absolute Gasteiger partial charge is 0.232 e. The third kappa shape index (κ3) is 3.30. The normalized spacial score (nSPS) is 34.0. The van der Waals surface area contributed by atoms with E-state index in [1.165, 1.54) is 19.3 Å². The fourth-order valence-corrected chi connectivity index (χ4v) is 4.42. The number of aryl methyl sites for hydroxylation is 1. The van der Waals surface area contributed by atoms with Gasteiger partial charge in [-0.25, -0.2) is 0 Å². The summed E-state index contributed by atoms with van der Waals surface area (Å²) in [5.74, 6) is 2.38. The van der Waals surface area contributed by atoms with Crippen LogP contribution in [-0.4, -0.2) is 60.1 Å². The lowest BCUT2D eigenvalue weighted by Gasteiger charge is -2.41. The molecule has 3 saturated heterocycles. The van der Waals surface area contributed by atoms with Crippen LogP contribution in [0, 0.1) is 12.8 Å². The lowest BCUT2D eigenvalue weighted by Crippen LogP contribution is -2.46. The molecule has 0 bridgehead atoms. The topological polar surface area (TPSA) is 60.6 Å². The Morgan fingerprint density at radius 3 is 2.65 bits per heavy atom. The van der Waals surface area contributed by atoms with Gasteiger partial charge in [-0.1, -0.05) is 5.16 Å². The van der Waals surface area contributed by atoms with Crippen molar-refractivity contribution in [2.75, 3.05) is 32.9 Å². The van der Waals surface area contributed by atoms with E-state index < -0.39 is 0 Å².